The van der Waals surface area contributed by atoms with Crippen molar-refractivity contribution in [3.63, 3.8) is 0 Å². The largest absolute Gasteiger partial charge is 0.495 e. The van der Waals surface area contributed by atoms with Gasteiger partial charge in [-0.3, -0.25) is 0 Å². The summed E-state index contributed by atoms with van der Waals surface area (Å²) in [6, 6.07) is 0. The summed E-state index contributed by atoms with van der Waals surface area (Å²) in [4.78, 5) is 0. The van der Waals surface area contributed by atoms with Crippen molar-refractivity contribution >= 4 is 0 Å². The van der Waals surface area contributed by atoms with E-state index in [9.17, 15) is 43.9 Å². The molecule has 0 bridgehead atoms. The summed E-state index contributed by atoms with van der Waals surface area (Å²) in [6.07, 6.45) is -19.1. The molecule has 0 spiro atoms. The maximum Gasteiger partial charge on any atom is 0.495 e. The molecule has 0 aromatic rings. The fourth-order valence-corrected chi connectivity index (χ4v) is 0.813. The van der Waals surface area contributed by atoms with Gasteiger partial charge in [-0.05, 0) is 0 Å². The SMILES string of the molecule is FC1(F)OC(F)(F)C(F)(F)C(F)(F)C(F)(F)O1. The van der Waals surface area contributed by atoms with Gasteiger partial charge in [0.15, 0.2) is 0 Å². The molecule has 0 atom stereocenters. The highest BCUT2D eigenvalue weighted by Gasteiger charge is 2.87. The normalized spacial score (nSPS) is 32.8. The number of rotatable bonds is 0. The first-order valence-electron chi connectivity index (χ1n) is 3.46. The molecular formula is C5F10O2. The second-order valence-electron chi connectivity index (χ2n) is 2.85. The van der Waals surface area contributed by atoms with E-state index in [4.69, 9.17) is 0 Å². The van der Waals surface area contributed by atoms with Crippen LogP contribution in [0.4, 0.5) is 43.9 Å². The summed E-state index contributed by atoms with van der Waals surface area (Å²) in [5.74, 6) is -13.8. The molecule has 1 aliphatic heterocycles. The summed E-state index contributed by atoms with van der Waals surface area (Å²) < 4.78 is 126. The fourth-order valence-electron chi connectivity index (χ4n) is 0.813. The fraction of sp³-hybridized carbons (Fsp3) is 1.00. The Morgan fingerprint density at radius 3 is 0.941 bits per heavy atom. The summed E-state index contributed by atoms with van der Waals surface area (Å²) in [6.45, 7) is 0. The Balaban J connectivity index is 3.42. The zero-order valence-corrected chi connectivity index (χ0v) is 7.10. The van der Waals surface area contributed by atoms with Crippen LogP contribution >= 0.6 is 0 Å². The van der Waals surface area contributed by atoms with Gasteiger partial charge in [-0.1, -0.05) is 0 Å². The maximum atomic E-state index is 12.3. The molecule has 17 heavy (non-hydrogen) atoms. The van der Waals surface area contributed by atoms with Crippen molar-refractivity contribution in [2.24, 2.45) is 0 Å². The van der Waals surface area contributed by atoms with Gasteiger partial charge >= 0.3 is 30.4 Å². The Labute approximate surface area is 85.1 Å². The van der Waals surface area contributed by atoms with Crippen molar-refractivity contribution in [2.75, 3.05) is 0 Å². The van der Waals surface area contributed by atoms with Crippen LogP contribution in [0.5, 0.6) is 0 Å². The molecule has 0 saturated carbocycles. The minimum absolute atomic E-state index is 1.87. The molecule has 0 N–H and O–H groups in total. The molecule has 0 aromatic heterocycles. The molecule has 1 heterocycles. The molecule has 102 valence electrons. The quantitative estimate of drug-likeness (QED) is 0.636. The predicted octanol–water partition coefficient (Wildman–Crippen LogP) is 3.04. The first-order valence-corrected chi connectivity index (χ1v) is 3.46. The molecule has 2 nitrogen and oxygen atoms in total. The van der Waals surface area contributed by atoms with E-state index >= 15 is 0 Å². The molecule has 0 unspecified atom stereocenters. The van der Waals surface area contributed by atoms with Gasteiger partial charge < -0.3 is 0 Å². The molecule has 12 heteroatoms. The lowest BCUT2D eigenvalue weighted by Crippen LogP contribution is -2.61. The molecule has 1 saturated heterocycles. The summed E-state index contributed by atoms with van der Waals surface area (Å²) in [5, 5.41) is 0. The number of hydrogen-bond donors (Lipinski definition) is 0. The summed E-state index contributed by atoms with van der Waals surface area (Å²) in [5.41, 5.74) is 0. The standard InChI is InChI=1S/C5F10O2/c6-1(7)2(8,9)4(12,13)17-5(14,15)16-3(1,10)11. The number of alkyl halides is 10. The third-order valence-electron chi connectivity index (χ3n) is 1.62. The summed E-state index contributed by atoms with van der Waals surface area (Å²) in [7, 11) is 0. The molecule has 1 aliphatic rings. The van der Waals surface area contributed by atoms with E-state index in [2.05, 4.69) is 0 Å². The van der Waals surface area contributed by atoms with Gasteiger partial charge in [-0.2, -0.15) is 35.1 Å². The highest BCUT2D eigenvalue weighted by atomic mass is 19.4. The average Bonchev–Trinajstić information content (AvgIpc) is 1.98. The Bertz CT molecular complexity index is 293. The number of hydrogen-bond acceptors (Lipinski definition) is 2. The molecule has 1 rings (SSSR count). The van der Waals surface area contributed by atoms with Crippen molar-refractivity contribution in [1.29, 1.82) is 0 Å². The number of halogens is 10. The lowest BCUT2D eigenvalue weighted by atomic mass is 10.1. The van der Waals surface area contributed by atoms with Crippen molar-refractivity contribution in [2.45, 2.75) is 30.4 Å². The second kappa shape index (κ2) is 3.16. The Hall–Kier alpha value is -0.780. The second-order valence-corrected chi connectivity index (χ2v) is 2.85. The van der Waals surface area contributed by atoms with Crippen molar-refractivity contribution in [1.82, 2.24) is 0 Å². The lowest BCUT2D eigenvalue weighted by Gasteiger charge is -2.30. The van der Waals surface area contributed by atoms with Crippen molar-refractivity contribution < 1.29 is 53.4 Å². The molecule has 0 aliphatic carbocycles. The van der Waals surface area contributed by atoms with Gasteiger partial charge in [0.1, 0.15) is 0 Å². The zero-order chi connectivity index (χ0) is 13.9. The van der Waals surface area contributed by atoms with Crippen LogP contribution in [0.1, 0.15) is 0 Å². The van der Waals surface area contributed by atoms with E-state index in [1.54, 1.807) is 0 Å². The third-order valence-corrected chi connectivity index (χ3v) is 1.62. The van der Waals surface area contributed by atoms with E-state index in [-0.39, 0.29) is 0 Å². The van der Waals surface area contributed by atoms with Crippen LogP contribution in [0, 0.1) is 0 Å². The summed E-state index contributed by atoms with van der Waals surface area (Å²) >= 11 is 0. The maximum absolute atomic E-state index is 12.3. The monoisotopic (exact) mass is 282 g/mol. The molecule has 0 aromatic carbocycles. The van der Waals surface area contributed by atoms with Crippen molar-refractivity contribution in [3.05, 3.63) is 0 Å². The smallest absolute Gasteiger partial charge is 0.224 e. The highest BCUT2D eigenvalue weighted by Crippen LogP contribution is 2.58. The van der Waals surface area contributed by atoms with Gasteiger partial charge in [0.25, 0.3) is 0 Å². The Kier molecular flexibility index (Phi) is 2.65. The van der Waals surface area contributed by atoms with E-state index in [1.807, 2.05) is 9.47 Å². The Morgan fingerprint density at radius 2 is 0.706 bits per heavy atom. The molecule has 0 radical (unpaired) electrons. The van der Waals surface area contributed by atoms with Gasteiger partial charge in [-0.25, -0.2) is 9.47 Å². The highest BCUT2D eigenvalue weighted by molar-refractivity contribution is 4.99. The lowest BCUT2D eigenvalue weighted by molar-refractivity contribution is -0.508. The first-order chi connectivity index (χ1) is 7.16. The third kappa shape index (κ3) is 1.82. The van der Waals surface area contributed by atoms with E-state index < -0.39 is 30.4 Å². The molecule has 0 amide bonds. The minimum Gasteiger partial charge on any atom is -0.224 e. The van der Waals surface area contributed by atoms with Crippen LogP contribution in [0.2, 0.25) is 0 Å². The van der Waals surface area contributed by atoms with Gasteiger partial charge in [0.2, 0.25) is 0 Å². The predicted molar refractivity (Wildman–Crippen MR) is 26.9 cm³/mol. The zero-order valence-electron chi connectivity index (χ0n) is 7.10. The Morgan fingerprint density at radius 1 is 0.471 bits per heavy atom. The van der Waals surface area contributed by atoms with Crippen LogP contribution in [-0.4, -0.2) is 30.4 Å². The molecular weight excluding hydrogens is 282 g/mol. The van der Waals surface area contributed by atoms with Crippen molar-refractivity contribution in [3.8, 4) is 0 Å². The van der Waals surface area contributed by atoms with E-state index in [1.165, 1.54) is 0 Å². The number of ether oxygens (including phenoxy) is 2. The average molecular weight is 282 g/mol. The van der Waals surface area contributed by atoms with Crippen LogP contribution < -0.4 is 0 Å². The van der Waals surface area contributed by atoms with Crippen LogP contribution in [0.3, 0.4) is 0 Å². The first kappa shape index (κ1) is 14.3. The van der Waals surface area contributed by atoms with E-state index in [0.717, 1.165) is 0 Å². The van der Waals surface area contributed by atoms with Crippen LogP contribution in [-0.2, 0) is 9.47 Å². The van der Waals surface area contributed by atoms with Gasteiger partial charge in [0, 0.05) is 0 Å². The topological polar surface area (TPSA) is 18.5 Å². The van der Waals surface area contributed by atoms with Crippen LogP contribution in [0.15, 0.2) is 0 Å². The van der Waals surface area contributed by atoms with Gasteiger partial charge in [-0.15, -0.1) is 8.78 Å². The van der Waals surface area contributed by atoms with Crippen LogP contribution in [0.25, 0.3) is 0 Å². The van der Waals surface area contributed by atoms with E-state index in [0.29, 0.717) is 0 Å². The minimum atomic E-state index is -6.90. The molecule has 1 fully saturated rings. The van der Waals surface area contributed by atoms with Gasteiger partial charge in [0.05, 0.1) is 0 Å².